The predicted octanol–water partition coefficient (Wildman–Crippen LogP) is 1.46. The molecule has 3 aliphatic rings. The van der Waals surface area contributed by atoms with Crippen molar-refractivity contribution in [3.05, 3.63) is 65.2 Å². The van der Waals surface area contributed by atoms with Gasteiger partial charge in [0.25, 0.3) is 5.91 Å². The Bertz CT molecular complexity index is 950. The Balaban J connectivity index is 1.49. The molecule has 1 N–H and O–H groups in total. The van der Waals surface area contributed by atoms with Crippen molar-refractivity contribution in [2.24, 2.45) is 11.0 Å². The molecule has 1 aliphatic carbocycles. The molecule has 0 unspecified atom stereocenters. The molecule has 0 radical (unpaired) electrons. The van der Waals surface area contributed by atoms with Crippen molar-refractivity contribution < 1.29 is 19.2 Å². The number of morpholine rings is 1. The normalized spacial score (nSPS) is 23.5. The zero-order chi connectivity index (χ0) is 20.5. The first-order valence-electron chi connectivity index (χ1n) is 10.8. The molecule has 0 aromatic heterocycles. The number of nitrogens with one attached hydrogen (secondary N) is 1. The number of amides is 1. The number of quaternary nitrogens is 1. The van der Waals surface area contributed by atoms with Crippen LogP contribution in [0.4, 0.5) is 0 Å². The SMILES string of the molecule is COc1ccc([C@@H]2[C@@H]3CCc4ccccc4C3=NN2C(=O)C[NH+]2CCOCC2)cc1. The van der Waals surface area contributed by atoms with Crippen LogP contribution in [-0.2, 0) is 16.0 Å². The van der Waals surface area contributed by atoms with E-state index in [4.69, 9.17) is 14.6 Å². The van der Waals surface area contributed by atoms with Crippen LogP contribution >= 0.6 is 0 Å². The number of benzene rings is 2. The van der Waals surface area contributed by atoms with Crippen LogP contribution in [0.15, 0.2) is 53.6 Å². The van der Waals surface area contributed by atoms with E-state index in [2.05, 4.69) is 36.4 Å². The highest BCUT2D eigenvalue weighted by molar-refractivity contribution is 6.06. The van der Waals surface area contributed by atoms with Gasteiger partial charge in [0, 0.05) is 11.5 Å². The van der Waals surface area contributed by atoms with Crippen LogP contribution in [0.5, 0.6) is 5.75 Å². The number of carbonyl (C=O) groups is 1. The Labute approximate surface area is 177 Å². The van der Waals surface area contributed by atoms with E-state index >= 15 is 0 Å². The van der Waals surface area contributed by atoms with Crippen LogP contribution in [-0.4, -0.2) is 56.6 Å². The van der Waals surface area contributed by atoms with Crippen molar-refractivity contribution in [1.29, 1.82) is 0 Å². The molecule has 5 rings (SSSR count). The van der Waals surface area contributed by atoms with Gasteiger partial charge in [0.15, 0.2) is 6.54 Å². The second-order valence-electron chi connectivity index (χ2n) is 8.28. The molecule has 0 bridgehead atoms. The third-order valence-corrected chi connectivity index (χ3v) is 6.54. The summed E-state index contributed by atoms with van der Waals surface area (Å²) in [4.78, 5) is 14.7. The van der Waals surface area contributed by atoms with Crippen molar-refractivity contribution in [2.45, 2.75) is 18.9 Å². The molecule has 2 aromatic carbocycles. The smallest absolute Gasteiger partial charge is 0.298 e. The Hall–Kier alpha value is -2.70. The molecule has 2 aliphatic heterocycles. The average Bonchev–Trinajstić information content (AvgIpc) is 3.20. The van der Waals surface area contributed by atoms with Crippen LogP contribution in [0.3, 0.4) is 0 Å². The van der Waals surface area contributed by atoms with E-state index in [1.165, 1.54) is 16.0 Å². The molecule has 1 amide bonds. The molecule has 6 heteroatoms. The van der Waals surface area contributed by atoms with Gasteiger partial charge in [-0.3, -0.25) is 4.79 Å². The summed E-state index contributed by atoms with van der Waals surface area (Å²) in [6, 6.07) is 16.5. The molecule has 30 heavy (non-hydrogen) atoms. The summed E-state index contributed by atoms with van der Waals surface area (Å²) in [6.45, 7) is 3.64. The molecule has 156 valence electrons. The Kier molecular flexibility index (Phi) is 5.27. The molecule has 0 spiro atoms. The average molecular weight is 407 g/mol. The van der Waals surface area contributed by atoms with E-state index in [1.807, 2.05) is 12.1 Å². The van der Waals surface area contributed by atoms with Gasteiger partial charge in [0.05, 0.1) is 32.1 Å². The lowest BCUT2D eigenvalue weighted by Gasteiger charge is -2.30. The zero-order valence-electron chi connectivity index (χ0n) is 17.3. The first-order valence-corrected chi connectivity index (χ1v) is 10.8. The first kappa shape index (κ1) is 19.3. The second-order valence-corrected chi connectivity index (χ2v) is 8.28. The van der Waals surface area contributed by atoms with Crippen LogP contribution in [0.25, 0.3) is 0 Å². The number of nitrogens with zero attached hydrogens (tertiary/aromatic N) is 2. The molecule has 1 fully saturated rings. The van der Waals surface area contributed by atoms with Gasteiger partial charge in [0.1, 0.15) is 18.8 Å². The maximum atomic E-state index is 13.4. The minimum atomic E-state index is -0.0628. The van der Waals surface area contributed by atoms with Gasteiger partial charge < -0.3 is 14.4 Å². The number of hydrogen-bond acceptors (Lipinski definition) is 4. The largest absolute Gasteiger partial charge is 0.497 e. The summed E-state index contributed by atoms with van der Waals surface area (Å²) in [7, 11) is 1.67. The molecule has 2 heterocycles. The minimum Gasteiger partial charge on any atom is -0.497 e. The van der Waals surface area contributed by atoms with Gasteiger partial charge in [0.2, 0.25) is 0 Å². The van der Waals surface area contributed by atoms with E-state index in [0.717, 1.165) is 56.2 Å². The van der Waals surface area contributed by atoms with E-state index in [1.54, 1.807) is 12.1 Å². The number of hydrazone groups is 1. The first-order chi connectivity index (χ1) is 14.7. The number of ether oxygens (including phenoxy) is 2. The number of methoxy groups -OCH3 is 1. The predicted molar refractivity (Wildman–Crippen MR) is 114 cm³/mol. The van der Waals surface area contributed by atoms with E-state index in [-0.39, 0.29) is 17.9 Å². The molecular weight excluding hydrogens is 378 g/mol. The summed E-state index contributed by atoms with van der Waals surface area (Å²) >= 11 is 0. The maximum absolute atomic E-state index is 13.4. The van der Waals surface area contributed by atoms with Crippen molar-refractivity contribution in [2.75, 3.05) is 40.0 Å². The van der Waals surface area contributed by atoms with Crippen LogP contribution in [0.1, 0.15) is 29.2 Å². The molecule has 0 saturated carbocycles. The van der Waals surface area contributed by atoms with Crippen molar-refractivity contribution in [3.63, 3.8) is 0 Å². The molecule has 2 aromatic rings. The minimum absolute atomic E-state index is 0.0628. The Morgan fingerprint density at radius 1 is 1.17 bits per heavy atom. The van der Waals surface area contributed by atoms with Gasteiger partial charge in [-0.1, -0.05) is 36.4 Å². The van der Waals surface area contributed by atoms with Gasteiger partial charge >= 0.3 is 0 Å². The third-order valence-electron chi connectivity index (χ3n) is 6.54. The van der Waals surface area contributed by atoms with Crippen LogP contribution in [0, 0.1) is 5.92 Å². The molecule has 6 nitrogen and oxygen atoms in total. The highest BCUT2D eigenvalue weighted by Gasteiger charge is 2.44. The number of hydrogen-bond donors (Lipinski definition) is 1. The Morgan fingerprint density at radius 2 is 1.93 bits per heavy atom. The standard InChI is InChI=1S/C24H27N3O3/c1-29-19-9-6-18(7-10-19)24-21-11-8-17-4-2-3-5-20(17)23(21)25-27(24)22(28)16-26-12-14-30-15-13-26/h2-7,9-10,21,24H,8,11-16H2,1H3/p+1/t21-,24-/m1/s1. The molecule has 2 atom stereocenters. The van der Waals surface area contributed by atoms with E-state index < -0.39 is 0 Å². The summed E-state index contributed by atoms with van der Waals surface area (Å²) in [5.41, 5.74) is 4.70. The lowest BCUT2D eigenvalue weighted by Crippen LogP contribution is -3.15. The van der Waals surface area contributed by atoms with Gasteiger partial charge in [-0.2, -0.15) is 5.10 Å². The van der Waals surface area contributed by atoms with Gasteiger partial charge in [-0.05, 0) is 36.1 Å². The fourth-order valence-corrected chi connectivity index (χ4v) is 4.94. The highest BCUT2D eigenvalue weighted by Crippen LogP contribution is 2.43. The van der Waals surface area contributed by atoms with Crippen LogP contribution < -0.4 is 9.64 Å². The van der Waals surface area contributed by atoms with Crippen molar-refractivity contribution in [1.82, 2.24) is 5.01 Å². The van der Waals surface area contributed by atoms with E-state index in [0.29, 0.717) is 6.54 Å². The quantitative estimate of drug-likeness (QED) is 0.837. The number of aryl methyl sites for hydroxylation is 1. The summed E-state index contributed by atoms with van der Waals surface area (Å²) in [6.07, 6.45) is 2.02. The number of carbonyl (C=O) groups excluding carboxylic acids is 1. The number of rotatable bonds is 4. The van der Waals surface area contributed by atoms with Crippen molar-refractivity contribution >= 4 is 11.6 Å². The Morgan fingerprint density at radius 3 is 2.70 bits per heavy atom. The summed E-state index contributed by atoms with van der Waals surface area (Å²) < 4.78 is 10.8. The number of fused-ring (bicyclic) bond motifs is 3. The third kappa shape index (κ3) is 3.50. The summed E-state index contributed by atoms with van der Waals surface area (Å²) in [5, 5.41) is 6.71. The monoisotopic (exact) mass is 406 g/mol. The lowest BCUT2D eigenvalue weighted by atomic mass is 9.77. The molecular formula is C24H28N3O3+. The fraction of sp³-hybridized carbons (Fsp3) is 0.417. The lowest BCUT2D eigenvalue weighted by molar-refractivity contribution is -0.900. The van der Waals surface area contributed by atoms with Crippen molar-refractivity contribution in [3.8, 4) is 5.75 Å². The second kappa shape index (κ2) is 8.20. The van der Waals surface area contributed by atoms with Crippen LogP contribution in [0.2, 0.25) is 0 Å². The molecule has 1 saturated heterocycles. The summed E-state index contributed by atoms with van der Waals surface area (Å²) in [5.74, 6) is 1.13. The highest BCUT2D eigenvalue weighted by atomic mass is 16.5. The van der Waals surface area contributed by atoms with Gasteiger partial charge in [-0.25, -0.2) is 5.01 Å². The fourth-order valence-electron chi connectivity index (χ4n) is 4.94. The maximum Gasteiger partial charge on any atom is 0.298 e. The zero-order valence-corrected chi connectivity index (χ0v) is 17.3. The van der Waals surface area contributed by atoms with Gasteiger partial charge in [-0.15, -0.1) is 0 Å². The van der Waals surface area contributed by atoms with E-state index in [9.17, 15) is 4.79 Å². The topological polar surface area (TPSA) is 55.6 Å².